The molecule has 0 aliphatic carbocycles. The molecule has 2 heterocycles. The highest BCUT2D eigenvalue weighted by molar-refractivity contribution is 5.98. The van der Waals surface area contributed by atoms with Crippen LogP contribution in [0.2, 0.25) is 0 Å². The number of carbonyl (C=O) groups is 1. The average Bonchev–Trinajstić information content (AvgIpc) is 2.75. The molecular formula is C17H26N4O2. The van der Waals surface area contributed by atoms with Crippen LogP contribution >= 0.6 is 0 Å². The molecule has 0 fully saturated rings. The lowest BCUT2D eigenvalue weighted by Gasteiger charge is -2.09. The number of aromatic nitrogens is 3. The third-order valence-corrected chi connectivity index (χ3v) is 3.64. The molecule has 1 amide bonds. The largest absolute Gasteiger partial charge is 0.381 e. The standard InChI is InChI=1S/C17H26N4O2/c1-11(2)10-23-8-6-7-18-17(22)15-9-14-13(4)20-21(5)16(14)19-12(15)3/h9,11H,6-8,10H2,1-5H3,(H,18,22). The monoisotopic (exact) mass is 318 g/mol. The number of hydrogen-bond acceptors (Lipinski definition) is 4. The number of hydrogen-bond donors (Lipinski definition) is 1. The van der Waals surface area contributed by atoms with Crippen LogP contribution in [0.5, 0.6) is 0 Å². The van der Waals surface area contributed by atoms with Crippen molar-refractivity contribution in [3.05, 3.63) is 23.0 Å². The summed E-state index contributed by atoms with van der Waals surface area (Å²) in [5, 5.41) is 8.20. The summed E-state index contributed by atoms with van der Waals surface area (Å²) in [5.41, 5.74) is 3.01. The molecule has 1 N–H and O–H groups in total. The second kappa shape index (κ2) is 7.55. The summed E-state index contributed by atoms with van der Waals surface area (Å²) in [5.74, 6) is 0.441. The maximum atomic E-state index is 12.3. The Morgan fingerprint density at radius 3 is 2.78 bits per heavy atom. The molecular weight excluding hydrogens is 292 g/mol. The van der Waals surface area contributed by atoms with Crippen molar-refractivity contribution in [2.75, 3.05) is 19.8 Å². The minimum atomic E-state index is -0.0935. The molecule has 0 radical (unpaired) electrons. The number of rotatable bonds is 7. The normalized spacial score (nSPS) is 11.4. The van der Waals surface area contributed by atoms with Crippen molar-refractivity contribution in [3.63, 3.8) is 0 Å². The Hall–Kier alpha value is -1.95. The number of amides is 1. The predicted octanol–water partition coefficient (Wildman–Crippen LogP) is 2.38. The molecule has 23 heavy (non-hydrogen) atoms. The smallest absolute Gasteiger partial charge is 0.253 e. The number of ether oxygens (including phenoxy) is 1. The molecule has 0 aromatic carbocycles. The number of aryl methyl sites for hydroxylation is 3. The van der Waals surface area contributed by atoms with Gasteiger partial charge in [0.25, 0.3) is 5.91 Å². The van der Waals surface area contributed by atoms with Gasteiger partial charge < -0.3 is 10.1 Å². The van der Waals surface area contributed by atoms with Crippen LogP contribution in [0.4, 0.5) is 0 Å². The quantitative estimate of drug-likeness (QED) is 0.796. The molecule has 0 aliphatic heterocycles. The van der Waals surface area contributed by atoms with Crippen LogP contribution in [0, 0.1) is 19.8 Å². The zero-order chi connectivity index (χ0) is 17.0. The molecule has 6 heteroatoms. The second-order valence-electron chi connectivity index (χ2n) is 6.28. The molecule has 2 rings (SSSR count). The van der Waals surface area contributed by atoms with Gasteiger partial charge in [0.15, 0.2) is 5.65 Å². The molecule has 0 aliphatic rings. The highest BCUT2D eigenvalue weighted by Crippen LogP contribution is 2.19. The van der Waals surface area contributed by atoms with E-state index >= 15 is 0 Å². The van der Waals surface area contributed by atoms with Gasteiger partial charge in [0.05, 0.1) is 17.0 Å². The van der Waals surface area contributed by atoms with Crippen molar-refractivity contribution < 1.29 is 9.53 Å². The van der Waals surface area contributed by atoms with Gasteiger partial charge in [-0.3, -0.25) is 9.48 Å². The summed E-state index contributed by atoms with van der Waals surface area (Å²) in [7, 11) is 1.86. The zero-order valence-corrected chi connectivity index (χ0v) is 14.6. The van der Waals surface area contributed by atoms with Gasteiger partial charge in [-0.05, 0) is 32.3 Å². The average molecular weight is 318 g/mol. The van der Waals surface area contributed by atoms with E-state index in [0.29, 0.717) is 30.3 Å². The Balaban J connectivity index is 1.96. The first kappa shape index (κ1) is 17.4. The molecule has 6 nitrogen and oxygen atoms in total. The van der Waals surface area contributed by atoms with Gasteiger partial charge in [0.1, 0.15) is 0 Å². The Bertz CT molecular complexity index is 691. The highest BCUT2D eigenvalue weighted by atomic mass is 16.5. The fraction of sp³-hybridized carbons (Fsp3) is 0.588. The van der Waals surface area contributed by atoms with Crippen molar-refractivity contribution in [2.45, 2.75) is 34.1 Å². The predicted molar refractivity (Wildman–Crippen MR) is 90.6 cm³/mol. The number of carbonyl (C=O) groups excluding carboxylic acids is 1. The molecule has 2 aromatic rings. The first-order valence-corrected chi connectivity index (χ1v) is 8.07. The van der Waals surface area contributed by atoms with Crippen molar-refractivity contribution in [1.29, 1.82) is 0 Å². The van der Waals surface area contributed by atoms with Crippen molar-refractivity contribution in [1.82, 2.24) is 20.1 Å². The van der Waals surface area contributed by atoms with E-state index in [0.717, 1.165) is 29.8 Å². The molecule has 0 unspecified atom stereocenters. The van der Waals surface area contributed by atoms with Crippen LogP contribution in [0.25, 0.3) is 11.0 Å². The Labute approximate surface area is 137 Å². The third-order valence-electron chi connectivity index (χ3n) is 3.64. The molecule has 0 saturated heterocycles. The summed E-state index contributed by atoms with van der Waals surface area (Å²) in [6.07, 6.45) is 0.805. The summed E-state index contributed by atoms with van der Waals surface area (Å²) in [4.78, 5) is 16.9. The number of fused-ring (bicyclic) bond motifs is 1. The Morgan fingerprint density at radius 1 is 1.35 bits per heavy atom. The van der Waals surface area contributed by atoms with E-state index in [1.54, 1.807) is 4.68 Å². The second-order valence-corrected chi connectivity index (χ2v) is 6.28. The summed E-state index contributed by atoms with van der Waals surface area (Å²) in [6.45, 7) is 10.0. The minimum absolute atomic E-state index is 0.0935. The minimum Gasteiger partial charge on any atom is -0.381 e. The highest BCUT2D eigenvalue weighted by Gasteiger charge is 2.14. The maximum absolute atomic E-state index is 12.3. The van der Waals surface area contributed by atoms with Gasteiger partial charge in [-0.1, -0.05) is 13.8 Å². The van der Waals surface area contributed by atoms with E-state index in [4.69, 9.17) is 4.74 Å². The molecule has 2 aromatic heterocycles. The van der Waals surface area contributed by atoms with E-state index in [9.17, 15) is 4.79 Å². The topological polar surface area (TPSA) is 69.0 Å². The van der Waals surface area contributed by atoms with Gasteiger partial charge in [-0.2, -0.15) is 5.10 Å². The molecule has 0 spiro atoms. The van der Waals surface area contributed by atoms with Crippen LogP contribution in [0.15, 0.2) is 6.07 Å². The van der Waals surface area contributed by atoms with E-state index in [2.05, 4.69) is 29.2 Å². The van der Waals surface area contributed by atoms with E-state index in [-0.39, 0.29) is 5.91 Å². The van der Waals surface area contributed by atoms with Gasteiger partial charge >= 0.3 is 0 Å². The van der Waals surface area contributed by atoms with Crippen LogP contribution in [0.3, 0.4) is 0 Å². The fourth-order valence-corrected chi connectivity index (χ4v) is 2.45. The molecule has 0 atom stereocenters. The molecule has 0 bridgehead atoms. The lowest BCUT2D eigenvalue weighted by Crippen LogP contribution is -2.26. The van der Waals surface area contributed by atoms with E-state index in [1.165, 1.54) is 0 Å². The van der Waals surface area contributed by atoms with Crippen molar-refractivity contribution in [3.8, 4) is 0 Å². The lowest BCUT2D eigenvalue weighted by molar-refractivity contribution is 0.0924. The van der Waals surface area contributed by atoms with Gasteiger partial charge in [0.2, 0.25) is 0 Å². The molecule has 126 valence electrons. The Kier molecular flexibility index (Phi) is 5.71. The number of pyridine rings is 1. The first-order chi connectivity index (χ1) is 10.9. The SMILES string of the molecule is Cc1nc2c(cc1C(=O)NCCCOCC(C)C)c(C)nn2C. The van der Waals surface area contributed by atoms with Gasteiger partial charge in [0, 0.05) is 32.2 Å². The lowest BCUT2D eigenvalue weighted by atomic mass is 10.1. The van der Waals surface area contributed by atoms with E-state index in [1.807, 2.05) is 27.0 Å². The third kappa shape index (κ3) is 4.28. The van der Waals surface area contributed by atoms with Crippen molar-refractivity contribution in [2.24, 2.45) is 13.0 Å². The van der Waals surface area contributed by atoms with Crippen LogP contribution in [0.1, 0.15) is 42.0 Å². The summed E-state index contributed by atoms with van der Waals surface area (Å²) in [6, 6.07) is 1.88. The maximum Gasteiger partial charge on any atom is 0.253 e. The fourth-order valence-electron chi connectivity index (χ4n) is 2.45. The Morgan fingerprint density at radius 2 is 2.09 bits per heavy atom. The van der Waals surface area contributed by atoms with Crippen molar-refractivity contribution >= 4 is 16.9 Å². The molecule has 0 saturated carbocycles. The van der Waals surface area contributed by atoms with Gasteiger partial charge in [-0.15, -0.1) is 0 Å². The first-order valence-electron chi connectivity index (χ1n) is 8.07. The zero-order valence-electron chi connectivity index (χ0n) is 14.6. The summed E-state index contributed by atoms with van der Waals surface area (Å²) < 4.78 is 7.25. The summed E-state index contributed by atoms with van der Waals surface area (Å²) >= 11 is 0. The number of nitrogens with one attached hydrogen (secondary N) is 1. The van der Waals surface area contributed by atoms with Crippen LogP contribution in [-0.2, 0) is 11.8 Å². The van der Waals surface area contributed by atoms with E-state index < -0.39 is 0 Å². The van der Waals surface area contributed by atoms with Crippen LogP contribution < -0.4 is 5.32 Å². The van der Waals surface area contributed by atoms with Gasteiger partial charge in [-0.25, -0.2) is 4.98 Å². The number of nitrogens with zero attached hydrogens (tertiary/aromatic N) is 3. The van der Waals surface area contributed by atoms with Crippen LogP contribution in [-0.4, -0.2) is 40.4 Å².